The van der Waals surface area contributed by atoms with Gasteiger partial charge in [0.25, 0.3) is 5.91 Å². The molecule has 10 heteroatoms. The number of rotatable bonds is 9. The van der Waals surface area contributed by atoms with Gasteiger partial charge in [-0.3, -0.25) is 9.59 Å². The summed E-state index contributed by atoms with van der Waals surface area (Å²) in [5.74, 6) is 0.0525. The Morgan fingerprint density at radius 3 is 2.47 bits per heavy atom. The van der Waals surface area contributed by atoms with Crippen molar-refractivity contribution < 1.29 is 22.8 Å². The Kier molecular flexibility index (Phi) is 7.79. The number of fused-ring (bicyclic) bond motifs is 1. The predicted octanol–water partition coefficient (Wildman–Crippen LogP) is 3.94. The third-order valence-corrected chi connectivity index (χ3v) is 5.38. The zero-order valence-corrected chi connectivity index (χ0v) is 18.2. The fourth-order valence-electron chi connectivity index (χ4n) is 3.26. The summed E-state index contributed by atoms with van der Waals surface area (Å²) in [7, 11) is 0. The van der Waals surface area contributed by atoms with Gasteiger partial charge in [0.1, 0.15) is 18.9 Å². The second kappa shape index (κ2) is 10.5. The van der Waals surface area contributed by atoms with E-state index in [1.165, 1.54) is 0 Å². The van der Waals surface area contributed by atoms with E-state index in [2.05, 4.69) is 10.3 Å². The number of nitrogens with one attached hydrogen (secondary N) is 2. The summed E-state index contributed by atoms with van der Waals surface area (Å²) in [4.78, 5) is 29.7. The van der Waals surface area contributed by atoms with E-state index in [1.54, 1.807) is 70.9 Å². The zero-order chi connectivity index (χ0) is 23.1. The van der Waals surface area contributed by atoms with E-state index in [0.29, 0.717) is 34.6 Å². The molecular weight excluding hydrogens is 441 g/mol. The molecule has 2 aromatic carbocycles. The van der Waals surface area contributed by atoms with Crippen LogP contribution in [0.3, 0.4) is 0 Å². The van der Waals surface area contributed by atoms with Crippen LogP contribution in [-0.4, -0.2) is 46.1 Å². The number of carbonyl (C=O) groups is 2. The number of amides is 2. The molecule has 1 aromatic heterocycles. The molecule has 0 bridgehead atoms. The van der Waals surface area contributed by atoms with Gasteiger partial charge in [-0.1, -0.05) is 30.3 Å². The molecule has 0 aliphatic carbocycles. The summed E-state index contributed by atoms with van der Waals surface area (Å²) in [5.41, 5.74) is 1.68. The topological polar surface area (TPSA) is 76.0 Å². The van der Waals surface area contributed by atoms with Crippen molar-refractivity contribution in [1.29, 1.82) is 0 Å². The van der Waals surface area contributed by atoms with Crippen LogP contribution >= 0.6 is 11.8 Å². The first-order valence-electron chi connectivity index (χ1n) is 9.92. The number of nitrogens with zero attached hydrogens (tertiary/aromatic N) is 2. The van der Waals surface area contributed by atoms with E-state index in [4.69, 9.17) is 0 Å². The molecule has 1 heterocycles. The predicted molar refractivity (Wildman–Crippen MR) is 118 cm³/mol. The van der Waals surface area contributed by atoms with Crippen molar-refractivity contribution in [2.45, 2.75) is 25.2 Å². The van der Waals surface area contributed by atoms with Crippen LogP contribution in [0, 0.1) is 0 Å². The van der Waals surface area contributed by atoms with Gasteiger partial charge in [0, 0.05) is 5.56 Å². The average molecular weight is 465 g/mol. The second-order valence-corrected chi connectivity index (χ2v) is 8.10. The summed E-state index contributed by atoms with van der Waals surface area (Å²) < 4.78 is 39.1. The van der Waals surface area contributed by atoms with Gasteiger partial charge >= 0.3 is 6.18 Å². The van der Waals surface area contributed by atoms with Crippen molar-refractivity contribution in [3.8, 4) is 0 Å². The molecule has 6 nitrogen and oxygen atoms in total. The van der Waals surface area contributed by atoms with Crippen LogP contribution in [0.15, 0.2) is 54.6 Å². The summed E-state index contributed by atoms with van der Waals surface area (Å²) in [5, 5.41) is 4.87. The molecule has 2 N–H and O–H groups in total. The molecule has 0 aliphatic rings. The minimum absolute atomic E-state index is 0.295. The molecule has 0 unspecified atom stereocenters. The van der Waals surface area contributed by atoms with Gasteiger partial charge in [-0.25, -0.2) is 4.98 Å². The van der Waals surface area contributed by atoms with Gasteiger partial charge in [-0.2, -0.15) is 24.9 Å². The van der Waals surface area contributed by atoms with E-state index in [9.17, 15) is 22.8 Å². The number of halogens is 3. The van der Waals surface area contributed by atoms with Crippen LogP contribution in [0.25, 0.3) is 11.0 Å². The summed E-state index contributed by atoms with van der Waals surface area (Å²) in [6, 6.07) is 15.2. The minimum Gasteiger partial charge on any atom is -0.345 e. The highest BCUT2D eigenvalue weighted by Crippen LogP contribution is 2.25. The molecule has 0 radical (unpaired) electrons. The molecule has 0 saturated heterocycles. The van der Waals surface area contributed by atoms with Crippen LogP contribution in [0.5, 0.6) is 0 Å². The van der Waals surface area contributed by atoms with Crippen molar-refractivity contribution in [2.75, 3.05) is 18.6 Å². The van der Waals surface area contributed by atoms with Gasteiger partial charge in [0.2, 0.25) is 5.91 Å². The maximum atomic E-state index is 12.8. The average Bonchev–Trinajstić information content (AvgIpc) is 3.13. The lowest BCUT2D eigenvalue weighted by Crippen LogP contribution is -2.37. The van der Waals surface area contributed by atoms with Crippen molar-refractivity contribution >= 4 is 34.6 Å². The maximum Gasteiger partial charge on any atom is 0.405 e. The number of aromatic nitrogens is 2. The highest BCUT2D eigenvalue weighted by molar-refractivity contribution is 7.98. The quantitative estimate of drug-likeness (QED) is 0.503. The van der Waals surface area contributed by atoms with Gasteiger partial charge < -0.3 is 15.2 Å². The van der Waals surface area contributed by atoms with Crippen molar-refractivity contribution in [3.63, 3.8) is 0 Å². The summed E-state index contributed by atoms with van der Waals surface area (Å²) in [6.07, 6.45) is -2.03. The second-order valence-electron chi connectivity index (χ2n) is 7.11. The Morgan fingerprint density at radius 1 is 1.09 bits per heavy atom. The SMILES string of the molecule is CSCC[C@@H](NC(=O)c1ccccc1)c1nc2ccccc2n1CC(=O)NCC(F)(F)F. The van der Waals surface area contributed by atoms with Crippen LogP contribution < -0.4 is 10.6 Å². The maximum absolute atomic E-state index is 12.8. The normalized spacial score (nSPS) is 12.5. The Hall–Kier alpha value is -3.01. The fourth-order valence-corrected chi connectivity index (χ4v) is 3.73. The van der Waals surface area contributed by atoms with Gasteiger partial charge in [0.15, 0.2) is 0 Å². The van der Waals surface area contributed by atoms with Gasteiger partial charge in [-0.15, -0.1) is 0 Å². The molecule has 0 aliphatic heterocycles. The molecule has 0 fully saturated rings. The zero-order valence-electron chi connectivity index (χ0n) is 17.4. The lowest BCUT2D eigenvalue weighted by Gasteiger charge is -2.20. The van der Waals surface area contributed by atoms with Crippen LogP contribution in [0.4, 0.5) is 13.2 Å². The Balaban J connectivity index is 1.92. The molecule has 1 atom stereocenters. The summed E-state index contributed by atoms with van der Waals surface area (Å²) in [6.45, 7) is -1.75. The van der Waals surface area contributed by atoms with Crippen molar-refractivity contribution in [2.24, 2.45) is 0 Å². The molecular formula is C22H23F3N4O2S. The largest absolute Gasteiger partial charge is 0.405 e. The molecule has 3 aromatic rings. The Morgan fingerprint density at radius 2 is 1.78 bits per heavy atom. The molecule has 2 amide bonds. The fraction of sp³-hybridized carbons (Fsp3) is 0.318. The lowest BCUT2D eigenvalue weighted by molar-refractivity contribution is -0.138. The van der Waals surface area contributed by atoms with E-state index in [1.807, 2.05) is 11.6 Å². The lowest BCUT2D eigenvalue weighted by atomic mass is 10.1. The number of thioether (sulfide) groups is 1. The van der Waals surface area contributed by atoms with Crippen molar-refractivity contribution in [3.05, 3.63) is 66.0 Å². The molecule has 0 saturated carbocycles. The molecule has 170 valence electrons. The number of imidazole rings is 1. The third kappa shape index (κ3) is 6.25. The number of para-hydroxylation sites is 2. The molecule has 32 heavy (non-hydrogen) atoms. The van der Waals surface area contributed by atoms with E-state index in [0.717, 1.165) is 0 Å². The Labute approximate surface area is 187 Å². The van der Waals surface area contributed by atoms with E-state index < -0.39 is 24.7 Å². The third-order valence-electron chi connectivity index (χ3n) is 4.74. The molecule has 0 spiro atoms. The van der Waals surface area contributed by atoms with Crippen LogP contribution in [0.2, 0.25) is 0 Å². The minimum atomic E-state index is -4.50. The standard InChI is InChI=1S/C22H23F3N4O2S/c1-32-12-11-17(28-21(31)15-7-3-2-4-8-15)20-27-16-9-5-6-10-18(16)29(20)13-19(30)26-14-22(23,24)25/h2-10,17H,11-14H2,1H3,(H,26,30)(H,28,31)/t17-/m1/s1. The molecule has 3 rings (SSSR count). The van der Waals surface area contributed by atoms with Crippen LogP contribution in [-0.2, 0) is 11.3 Å². The first kappa shape index (κ1) is 23.6. The van der Waals surface area contributed by atoms with E-state index in [-0.39, 0.29) is 12.5 Å². The van der Waals surface area contributed by atoms with Crippen molar-refractivity contribution in [1.82, 2.24) is 20.2 Å². The summed E-state index contributed by atoms with van der Waals surface area (Å²) >= 11 is 1.59. The number of benzene rings is 2. The highest BCUT2D eigenvalue weighted by Gasteiger charge is 2.28. The first-order chi connectivity index (χ1) is 15.3. The smallest absolute Gasteiger partial charge is 0.345 e. The highest BCUT2D eigenvalue weighted by atomic mass is 32.2. The number of hydrogen-bond acceptors (Lipinski definition) is 4. The van der Waals surface area contributed by atoms with Gasteiger partial charge in [0.05, 0.1) is 17.1 Å². The van der Waals surface area contributed by atoms with Gasteiger partial charge in [-0.05, 0) is 42.7 Å². The first-order valence-corrected chi connectivity index (χ1v) is 11.3. The van der Waals surface area contributed by atoms with Crippen LogP contribution in [0.1, 0.15) is 28.6 Å². The monoisotopic (exact) mass is 464 g/mol. The van der Waals surface area contributed by atoms with E-state index >= 15 is 0 Å². The number of alkyl halides is 3. The number of carbonyl (C=O) groups excluding carboxylic acids is 2. The Bertz CT molecular complexity index is 1070. The number of hydrogen-bond donors (Lipinski definition) is 2.